The number of pyridine rings is 2. The molecule has 6 aromatic rings. The predicted octanol–water partition coefficient (Wildman–Crippen LogP) is 9.79. The van der Waals surface area contributed by atoms with E-state index in [1.54, 1.807) is 31.4 Å². The third-order valence-corrected chi connectivity index (χ3v) is 12.3. The second kappa shape index (κ2) is 20.6. The van der Waals surface area contributed by atoms with Crippen molar-refractivity contribution in [3.8, 4) is 56.8 Å². The molecule has 20 heteroatoms. The Morgan fingerprint density at radius 1 is 0.588 bits per heavy atom. The van der Waals surface area contributed by atoms with Crippen LogP contribution in [0.1, 0.15) is 62.8 Å². The van der Waals surface area contributed by atoms with E-state index in [1.807, 2.05) is 48.5 Å². The summed E-state index contributed by atoms with van der Waals surface area (Å²) in [4.78, 5) is 44.4. The normalized spacial score (nSPS) is 20.8. The first-order chi connectivity index (χ1) is 32.4. The third kappa shape index (κ3) is 11.6. The van der Waals surface area contributed by atoms with Gasteiger partial charge in [-0.15, -0.1) is 0 Å². The maximum absolute atomic E-state index is 12.8. The molecule has 360 valence electrons. The number of methoxy groups -OCH3 is 2. The van der Waals surface area contributed by atoms with Crippen molar-refractivity contribution in [1.82, 2.24) is 29.9 Å². The van der Waals surface area contributed by atoms with Crippen molar-refractivity contribution in [2.24, 2.45) is 16.6 Å². The lowest BCUT2D eigenvalue weighted by Gasteiger charge is -2.37. The van der Waals surface area contributed by atoms with E-state index in [4.69, 9.17) is 24.7 Å². The van der Waals surface area contributed by atoms with Crippen molar-refractivity contribution >= 4 is 11.9 Å². The van der Waals surface area contributed by atoms with Crippen LogP contribution in [0.5, 0.6) is 11.5 Å². The predicted molar refractivity (Wildman–Crippen MR) is 236 cm³/mol. The molecule has 5 N–H and O–H groups in total. The lowest BCUT2D eigenvalue weighted by atomic mass is 9.73. The fraction of sp³-hybridized carbons (Fsp3) is 0.375. The Hall–Kier alpha value is -6.80. The number of aromatic nitrogens is 6. The molecule has 1 amide bonds. The summed E-state index contributed by atoms with van der Waals surface area (Å²) in [5, 5.41) is 9.57. The molecular formula is C48H49F6N7O7. The molecule has 2 aliphatic carbocycles. The number of nitrogens with one attached hydrogen (secondary N) is 2. The first kappa shape index (κ1) is 49.1. The Morgan fingerprint density at radius 2 is 0.956 bits per heavy atom. The van der Waals surface area contributed by atoms with Crippen LogP contribution in [0, 0.1) is 10.8 Å². The van der Waals surface area contributed by atoms with Gasteiger partial charge >= 0.3 is 18.3 Å². The topological polar surface area (TPSA) is 200 Å². The summed E-state index contributed by atoms with van der Waals surface area (Å²) < 4.78 is 99.0. The number of nitrogens with two attached hydrogens (primary N) is 1. The highest BCUT2D eigenvalue weighted by molar-refractivity contribution is 5.81. The summed E-state index contributed by atoms with van der Waals surface area (Å²) in [6.07, 6.45) is 0.332. The largest absolute Gasteiger partial charge is 0.490 e. The number of primary amides is 1. The van der Waals surface area contributed by atoms with Crippen LogP contribution < -0.4 is 15.2 Å². The van der Waals surface area contributed by atoms with Gasteiger partial charge < -0.3 is 39.8 Å². The van der Waals surface area contributed by atoms with Crippen LogP contribution in [0.2, 0.25) is 0 Å². The number of amides is 1. The van der Waals surface area contributed by atoms with Gasteiger partial charge in [0.2, 0.25) is 5.91 Å². The summed E-state index contributed by atoms with van der Waals surface area (Å²) in [6.45, 7) is 0.512. The molecule has 2 aromatic carbocycles. The maximum atomic E-state index is 12.8. The standard InChI is InChI=1S/C24H25F3N4O3.C24H24F3N3O4/c1-33-14-23(22(28)32)10-8-18(9-11-23)34-17-5-2-15(3-6-17)19-7-4-16(12-29-19)21-30-13-20(31-21)24(25,26)27;1-33-14-23(22(31)32)10-8-18(9-11-23)34-17-5-2-15(3-6-17)19-7-4-16(12-28-19)21-29-13-20(30-21)24(25,26)27/h2-7,12-13,18H,8-11,14H2,1H3,(H2,28,32)(H,30,31);2-7,12-13,18H,8-11,14H2,1H3,(H,29,30)(H,31,32). The number of hydrogen-bond donors (Lipinski definition) is 4. The van der Waals surface area contributed by atoms with Crippen molar-refractivity contribution in [2.45, 2.75) is 75.9 Å². The maximum Gasteiger partial charge on any atom is 0.432 e. The molecule has 4 heterocycles. The van der Waals surface area contributed by atoms with Crippen LogP contribution in [0.25, 0.3) is 45.3 Å². The Balaban J connectivity index is 0.000000201. The number of halogens is 6. The Kier molecular flexibility index (Phi) is 14.9. The number of carboxylic acids is 1. The van der Waals surface area contributed by atoms with E-state index < -0.39 is 40.5 Å². The molecule has 2 aliphatic rings. The van der Waals surface area contributed by atoms with Crippen LogP contribution in [-0.2, 0) is 31.4 Å². The van der Waals surface area contributed by atoms with E-state index in [1.165, 1.54) is 19.5 Å². The van der Waals surface area contributed by atoms with Crippen LogP contribution in [-0.4, -0.2) is 86.5 Å². The molecule has 0 saturated heterocycles. The van der Waals surface area contributed by atoms with Gasteiger partial charge in [-0.2, -0.15) is 26.3 Å². The highest BCUT2D eigenvalue weighted by Crippen LogP contribution is 2.40. The highest BCUT2D eigenvalue weighted by atomic mass is 19.4. The van der Waals surface area contributed by atoms with E-state index in [0.717, 1.165) is 23.5 Å². The zero-order valence-corrected chi connectivity index (χ0v) is 37.0. The minimum absolute atomic E-state index is 0.0116. The van der Waals surface area contributed by atoms with Gasteiger partial charge in [-0.1, -0.05) is 0 Å². The third-order valence-electron chi connectivity index (χ3n) is 12.3. The van der Waals surface area contributed by atoms with Gasteiger partial charge in [-0.3, -0.25) is 19.6 Å². The number of carbonyl (C=O) groups is 2. The van der Waals surface area contributed by atoms with Crippen LogP contribution in [0.3, 0.4) is 0 Å². The molecule has 4 aromatic heterocycles. The van der Waals surface area contributed by atoms with E-state index in [9.17, 15) is 41.0 Å². The van der Waals surface area contributed by atoms with Crippen molar-refractivity contribution in [3.63, 3.8) is 0 Å². The molecule has 8 rings (SSSR count). The number of nitrogens with zero attached hydrogens (tertiary/aromatic N) is 4. The number of carbonyl (C=O) groups excluding carboxylic acids is 1. The number of alkyl halides is 6. The number of aliphatic carboxylic acids is 1. The van der Waals surface area contributed by atoms with Gasteiger partial charge in [0.15, 0.2) is 0 Å². The van der Waals surface area contributed by atoms with Gasteiger partial charge in [0.05, 0.1) is 60.0 Å². The van der Waals surface area contributed by atoms with E-state index in [-0.39, 0.29) is 36.4 Å². The minimum atomic E-state index is -4.48. The molecule has 0 atom stereocenters. The smallest absolute Gasteiger partial charge is 0.432 e. The number of rotatable bonds is 14. The Bertz CT molecular complexity index is 2420. The second-order valence-electron chi connectivity index (χ2n) is 16.9. The summed E-state index contributed by atoms with van der Waals surface area (Å²) >= 11 is 0. The molecule has 0 aliphatic heterocycles. The number of hydrogen-bond acceptors (Lipinski definition) is 10. The highest BCUT2D eigenvalue weighted by Gasteiger charge is 2.43. The quantitative estimate of drug-likeness (QED) is 0.0758. The SMILES string of the molecule is COCC1(C(=O)O)CCC(Oc2ccc(-c3ccc(-c4ncc(C(F)(F)F)[nH]4)cn3)cc2)CC1.COCC1(C(N)=O)CCC(Oc2ccc(-c3ccc(-c4ncc(C(F)(F)F)[nH]4)cn3)cc2)CC1. The van der Waals surface area contributed by atoms with Crippen molar-refractivity contribution in [2.75, 3.05) is 27.4 Å². The van der Waals surface area contributed by atoms with Gasteiger partial charge in [0, 0.05) is 48.9 Å². The fourth-order valence-electron chi connectivity index (χ4n) is 8.38. The molecule has 2 fully saturated rings. The summed E-state index contributed by atoms with van der Waals surface area (Å²) in [5.74, 6) is 0.426. The number of imidazole rings is 2. The lowest BCUT2D eigenvalue weighted by Crippen LogP contribution is -2.45. The monoisotopic (exact) mass is 949 g/mol. The first-order valence-electron chi connectivity index (χ1n) is 21.6. The Morgan fingerprint density at radius 3 is 1.26 bits per heavy atom. The van der Waals surface area contributed by atoms with Crippen molar-refractivity contribution in [3.05, 3.63) is 109 Å². The molecular weight excluding hydrogens is 901 g/mol. The Labute approximate surface area is 386 Å². The number of H-pyrrole nitrogens is 2. The summed E-state index contributed by atoms with van der Waals surface area (Å²) in [5.41, 5.74) is 6.20. The van der Waals surface area contributed by atoms with Crippen molar-refractivity contribution in [1.29, 1.82) is 0 Å². The van der Waals surface area contributed by atoms with Crippen molar-refractivity contribution < 1.29 is 60.0 Å². The lowest BCUT2D eigenvalue weighted by molar-refractivity contribution is -0.156. The molecule has 14 nitrogen and oxygen atoms in total. The number of ether oxygens (including phenoxy) is 4. The summed E-state index contributed by atoms with van der Waals surface area (Å²) in [6, 6.07) is 21.5. The second-order valence-corrected chi connectivity index (χ2v) is 16.9. The van der Waals surface area contributed by atoms with E-state index in [0.29, 0.717) is 92.0 Å². The minimum Gasteiger partial charge on any atom is -0.490 e. The number of aromatic amines is 2. The molecule has 2 saturated carbocycles. The van der Waals surface area contributed by atoms with Gasteiger partial charge in [-0.05, 0) is 124 Å². The molecule has 0 spiro atoms. The van der Waals surface area contributed by atoms with Gasteiger partial charge in [-0.25, -0.2) is 9.97 Å². The molecule has 0 unspecified atom stereocenters. The van der Waals surface area contributed by atoms with Crippen LogP contribution in [0.4, 0.5) is 26.3 Å². The average molecular weight is 950 g/mol. The number of carboxylic acid groups (broad SMARTS) is 1. The number of benzene rings is 2. The van der Waals surface area contributed by atoms with Gasteiger partial charge in [0.25, 0.3) is 0 Å². The van der Waals surface area contributed by atoms with Gasteiger partial charge in [0.1, 0.15) is 34.5 Å². The van der Waals surface area contributed by atoms with Crippen LogP contribution >= 0.6 is 0 Å². The molecule has 0 radical (unpaired) electrons. The zero-order valence-electron chi connectivity index (χ0n) is 37.0. The zero-order chi connectivity index (χ0) is 48.7. The molecule has 68 heavy (non-hydrogen) atoms. The molecule has 0 bridgehead atoms. The fourth-order valence-corrected chi connectivity index (χ4v) is 8.38. The van der Waals surface area contributed by atoms with E-state index in [2.05, 4.69) is 29.9 Å². The van der Waals surface area contributed by atoms with E-state index >= 15 is 0 Å². The van der Waals surface area contributed by atoms with Crippen LogP contribution in [0.15, 0.2) is 97.6 Å². The summed E-state index contributed by atoms with van der Waals surface area (Å²) in [7, 11) is 3.08. The first-order valence-corrected chi connectivity index (χ1v) is 21.6. The average Bonchev–Trinajstić information content (AvgIpc) is 4.04.